The highest BCUT2D eigenvalue weighted by molar-refractivity contribution is 5.77. The molecule has 222 valence electrons. The number of aliphatic hydroxyl groups excluding tert-OH is 2. The van der Waals surface area contributed by atoms with Crippen LogP contribution in [0.1, 0.15) is 98.3 Å². The molecule has 5 fully saturated rings. The fourth-order valence-corrected chi connectivity index (χ4v) is 10.9. The van der Waals surface area contributed by atoms with E-state index in [2.05, 4.69) is 27.7 Å². The van der Waals surface area contributed by atoms with Crippen LogP contribution in [0.15, 0.2) is 0 Å². The third-order valence-electron chi connectivity index (χ3n) is 13.1. The van der Waals surface area contributed by atoms with Gasteiger partial charge in [-0.05, 0) is 116 Å². The van der Waals surface area contributed by atoms with E-state index in [1.54, 1.807) is 4.90 Å². The summed E-state index contributed by atoms with van der Waals surface area (Å²) in [7, 11) is 0. The molecule has 1 saturated heterocycles. The summed E-state index contributed by atoms with van der Waals surface area (Å²) in [6.07, 6.45) is 10.0. The molecule has 11 atom stereocenters. The molecule has 0 radical (unpaired) electrons. The van der Waals surface area contributed by atoms with Crippen molar-refractivity contribution in [2.45, 2.75) is 111 Å². The first-order chi connectivity index (χ1) is 18.5. The number of likely N-dealkylation sites (tertiary alicyclic amines) is 1. The molecule has 7 heteroatoms. The molecule has 5 rings (SSSR count). The van der Waals surface area contributed by atoms with E-state index in [1.165, 1.54) is 25.7 Å². The molecule has 0 aromatic rings. The molecular formula is C32H54N2O5. The summed E-state index contributed by atoms with van der Waals surface area (Å²) in [6.45, 7) is 11.1. The van der Waals surface area contributed by atoms with Gasteiger partial charge in [-0.1, -0.05) is 34.1 Å². The number of hydrogen-bond donors (Lipinski definition) is 3. The number of carbonyl (C=O) groups excluding carboxylic acids is 2. The van der Waals surface area contributed by atoms with Gasteiger partial charge in [-0.15, -0.1) is 0 Å². The number of nitrogens with two attached hydrogens (primary N) is 1. The van der Waals surface area contributed by atoms with Crippen LogP contribution in [0, 0.1) is 58.2 Å². The van der Waals surface area contributed by atoms with E-state index < -0.39 is 0 Å². The van der Waals surface area contributed by atoms with E-state index in [0.29, 0.717) is 68.0 Å². The summed E-state index contributed by atoms with van der Waals surface area (Å²) < 4.78 is 5.70. The smallest absolute Gasteiger partial charge is 0.409 e. The minimum Gasteiger partial charge on any atom is -0.449 e. The average molecular weight is 547 g/mol. The first-order valence-corrected chi connectivity index (χ1v) is 16.1. The molecule has 5 aliphatic rings. The Kier molecular flexibility index (Phi) is 8.34. The largest absolute Gasteiger partial charge is 0.449 e. The van der Waals surface area contributed by atoms with Crippen molar-refractivity contribution < 1.29 is 24.5 Å². The van der Waals surface area contributed by atoms with Gasteiger partial charge in [0, 0.05) is 19.0 Å². The predicted molar refractivity (Wildman–Crippen MR) is 150 cm³/mol. The Morgan fingerprint density at radius 3 is 2.31 bits per heavy atom. The van der Waals surface area contributed by atoms with Gasteiger partial charge >= 0.3 is 6.09 Å². The molecule has 0 bridgehead atoms. The van der Waals surface area contributed by atoms with Crippen molar-refractivity contribution in [3.8, 4) is 0 Å². The fraction of sp³-hybridized carbons (Fsp3) is 0.938. The van der Waals surface area contributed by atoms with Crippen LogP contribution in [0.4, 0.5) is 4.79 Å². The molecule has 39 heavy (non-hydrogen) atoms. The molecular weight excluding hydrogens is 492 g/mol. The molecule has 1 aliphatic heterocycles. The van der Waals surface area contributed by atoms with Crippen molar-refractivity contribution in [1.29, 1.82) is 0 Å². The van der Waals surface area contributed by atoms with Crippen LogP contribution >= 0.6 is 0 Å². The van der Waals surface area contributed by atoms with E-state index in [9.17, 15) is 19.8 Å². The van der Waals surface area contributed by atoms with Gasteiger partial charge in [0.15, 0.2) is 0 Å². The Morgan fingerprint density at radius 2 is 1.64 bits per heavy atom. The molecule has 4 saturated carbocycles. The normalized spacial score (nSPS) is 45.1. The number of rotatable bonds is 6. The summed E-state index contributed by atoms with van der Waals surface area (Å²) >= 11 is 0. The number of nitrogens with zero attached hydrogens (tertiary/aromatic N) is 1. The maximum absolute atomic E-state index is 12.6. The lowest BCUT2D eigenvalue weighted by Gasteiger charge is -2.64. The van der Waals surface area contributed by atoms with Crippen molar-refractivity contribution >= 4 is 12.0 Å². The van der Waals surface area contributed by atoms with E-state index in [4.69, 9.17) is 10.5 Å². The Bertz CT molecular complexity index is 905. The zero-order valence-electron chi connectivity index (χ0n) is 24.8. The van der Waals surface area contributed by atoms with Gasteiger partial charge in [-0.3, -0.25) is 4.79 Å². The number of ether oxygens (including phenoxy) is 1. The van der Waals surface area contributed by atoms with Gasteiger partial charge in [0.05, 0.1) is 18.8 Å². The van der Waals surface area contributed by atoms with Crippen LogP contribution in [-0.2, 0) is 9.53 Å². The summed E-state index contributed by atoms with van der Waals surface area (Å²) in [5, 5.41) is 22.4. The van der Waals surface area contributed by atoms with Crippen LogP contribution in [0.3, 0.4) is 0 Å². The van der Waals surface area contributed by atoms with Crippen molar-refractivity contribution in [2.24, 2.45) is 63.9 Å². The molecule has 1 heterocycles. The van der Waals surface area contributed by atoms with Gasteiger partial charge < -0.3 is 25.6 Å². The van der Waals surface area contributed by atoms with Gasteiger partial charge in [-0.25, -0.2) is 4.79 Å². The van der Waals surface area contributed by atoms with Gasteiger partial charge in [0.25, 0.3) is 0 Å². The van der Waals surface area contributed by atoms with Gasteiger partial charge in [0.1, 0.15) is 0 Å². The minimum absolute atomic E-state index is 0.131. The number of fused-ring (bicyclic) bond motifs is 5. The topological polar surface area (TPSA) is 113 Å². The van der Waals surface area contributed by atoms with Crippen LogP contribution in [0.2, 0.25) is 0 Å². The molecule has 0 spiro atoms. The van der Waals surface area contributed by atoms with E-state index >= 15 is 0 Å². The lowest BCUT2D eigenvalue weighted by atomic mass is 9.41. The lowest BCUT2D eigenvalue weighted by Crippen LogP contribution is -2.62. The van der Waals surface area contributed by atoms with Crippen molar-refractivity contribution in [1.82, 2.24) is 4.90 Å². The third kappa shape index (κ3) is 5.02. The monoisotopic (exact) mass is 546 g/mol. The van der Waals surface area contributed by atoms with Crippen LogP contribution < -0.4 is 5.73 Å². The highest BCUT2D eigenvalue weighted by atomic mass is 16.6. The second-order valence-electron chi connectivity index (χ2n) is 14.7. The summed E-state index contributed by atoms with van der Waals surface area (Å²) in [4.78, 5) is 25.8. The zero-order valence-corrected chi connectivity index (χ0v) is 24.8. The Balaban J connectivity index is 1.21. The maximum atomic E-state index is 12.6. The molecule has 0 aromatic heterocycles. The zero-order chi connectivity index (χ0) is 28.1. The predicted octanol–water partition coefficient (Wildman–Crippen LogP) is 4.97. The SMILES string of the molecule is CC[C@@H]1C2C[C@H](O)CCC2(C)[C@H]2CCC3(C)[C@@H]([C@H](C)CCOC(=O)N4CCC(C(N)=O)CC4)CC[C@H]3C2[C@@H]1O. The number of amides is 2. The van der Waals surface area contributed by atoms with Crippen LogP contribution in [0.5, 0.6) is 0 Å². The highest BCUT2D eigenvalue weighted by Gasteiger charge is 2.64. The second kappa shape index (κ2) is 11.2. The Hall–Kier alpha value is -1.34. The summed E-state index contributed by atoms with van der Waals surface area (Å²) in [6, 6.07) is 0. The standard InChI is InChI=1S/C32H54N2O5/c1-5-22-26-18-21(35)8-13-32(26,4)25-9-14-31(3)23(6-7-24(31)27(25)28(22)36)19(2)12-17-39-30(38)34-15-10-20(11-16-34)29(33)37/h19-28,35-36H,5-18H2,1-4H3,(H2,33,37)/t19-,21-,22-,23-,24+,25+,26?,27?,28-,31?,32?/m1/s1. The first kappa shape index (κ1) is 29.2. The number of aliphatic hydroxyl groups is 2. The molecule has 4 unspecified atom stereocenters. The fourth-order valence-electron chi connectivity index (χ4n) is 10.9. The maximum Gasteiger partial charge on any atom is 0.409 e. The number of hydrogen-bond acceptors (Lipinski definition) is 5. The Labute approximate surface area is 235 Å². The third-order valence-corrected chi connectivity index (χ3v) is 13.1. The number of carbonyl (C=O) groups is 2. The van der Waals surface area contributed by atoms with Crippen molar-refractivity contribution in [3.05, 3.63) is 0 Å². The van der Waals surface area contributed by atoms with Crippen molar-refractivity contribution in [3.63, 3.8) is 0 Å². The molecule has 4 N–H and O–H groups in total. The van der Waals surface area contributed by atoms with Gasteiger partial charge in [-0.2, -0.15) is 0 Å². The number of primary amides is 1. The number of piperidine rings is 1. The summed E-state index contributed by atoms with van der Waals surface area (Å²) in [5.41, 5.74) is 5.87. The van der Waals surface area contributed by atoms with Crippen LogP contribution in [0.25, 0.3) is 0 Å². The summed E-state index contributed by atoms with van der Waals surface area (Å²) in [5.74, 6) is 2.83. The molecule has 4 aliphatic carbocycles. The van der Waals surface area contributed by atoms with Crippen LogP contribution in [-0.4, -0.2) is 59.0 Å². The van der Waals surface area contributed by atoms with Crippen molar-refractivity contribution in [2.75, 3.05) is 19.7 Å². The quantitative estimate of drug-likeness (QED) is 0.435. The van der Waals surface area contributed by atoms with E-state index in [0.717, 1.165) is 32.1 Å². The first-order valence-electron chi connectivity index (χ1n) is 16.1. The second-order valence-corrected chi connectivity index (χ2v) is 14.7. The molecule has 7 nitrogen and oxygen atoms in total. The van der Waals surface area contributed by atoms with E-state index in [1.807, 2.05) is 0 Å². The lowest BCUT2D eigenvalue weighted by molar-refractivity contribution is -0.203. The highest BCUT2D eigenvalue weighted by Crippen LogP contribution is 2.69. The molecule has 0 aromatic carbocycles. The average Bonchev–Trinajstić information content (AvgIpc) is 3.27. The van der Waals surface area contributed by atoms with Gasteiger partial charge in [0.2, 0.25) is 5.91 Å². The Morgan fingerprint density at radius 1 is 0.974 bits per heavy atom. The van der Waals surface area contributed by atoms with E-state index in [-0.39, 0.29) is 46.9 Å². The minimum atomic E-state index is -0.272. The molecule has 2 amide bonds.